The zero-order valence-electron chi connectivity index (χ0n) is 19.3. The molecule has 0 bridgehead atoms. The Balaban J connectivity index is 1.39. The number of likely N-dealkylation sites (N-methyl/N-ethyl adjacent to an activating group) is 1. The summed E-state index contributed by atoms with van der Waals surface area (Å²) in [6, 6.07) is 5.57. The zero-order chi connectivity index (χ0) is 23.7. The monoisotopic (exact) mass is 454 g/mol. The minimum Gasteiger partial charge on any atom is -0.310 e. The summed E-state index contributed by atoms with van der Waals surface area (Å²) >= 11 is 0. The molecule has 0 atom stereocenters. The largest absolute Gasteiger partial charge is 0.310 e. The van der Waals surface area contributed by atoms with E-state index in [-0.39, 0.29) is 17.7 Å². The average Bonchev–Trinajstić information content (AvgIpc) is 3.68. The van der Waals surface area contributed by atoms with Gasteiger partial charge in [-0.25, -0.2) is 9.97 Å². The second-order valence-corrected chi connectivity index (χ2v) is 8.92. The minimum absolute atomic E-state index is 0.0177. The Morgan fingerprint density at radius 3 is 2.68 bits per heavy atom. The lowest BCUT2D eigenvalue weighted by Gasteiger charge is -2.20. The van der Waals surface area contributed by atoms with E-state index < -0.39 is 0 Å². The average molecular weight is 455 g/mol. The van der Waals surface area contributed by atoms with Crippen LogP contribution < -0.4 is 10.2 Å². The number of fused-ring (bicyclic) bond motifs is 1. The van der Waals surface area contributed by atoms with Gasteiger partial charge in [0.15, 0.2) is 0 Å². The summed E-state index contributed by atoms with van der Waals surface area (Å²) in [7, 11) is 1.96. The molecule has 1 N–H and O–H groups in total. The minimum atomic E-state index is 0.0177. The fraction of sp³-hybridized carbons (Fsp3) is 0.346. The van der Waals surface area contributed by atoms with Gasteiger partial charge in [-0.05, 0) is 57.4 Å². The van der Waals surface area contributed by atoms with E-state index in [1.165, 1.54) is 0 Å². The van der Waals surface area contributed by atoms with E-state index in [0.29, 0.717) is 24.6 Å². The number of nitrogens with zero attached hydrogens (tertiary/aromatic N) is 5. The van der Waals surface area contributed by atoms with Crippen LogP contribution in [0.2, 0.25) is 0 Å². The van der Waals surface area contributed by atoms with Gasteiger partial charge in [-0.15, -0.1) is 0 Å². The van der Waals surface area contributed by atoms with Crippen LogP contribution in [0.5, 0.6) is 0 Å². The molecule has 0 spiro atoms. The number of hydrogen-bond donors (Lipinski definition) is 1. The normalized spacial score (nSPS) is 16.6. The number of rotatable bonds is 3. The zero-order valence-corrected chi connectivity index (χ0v) is 19.3. The highest BCUT2D eigenvalue weighted by Crippen LogP contribution is 2.30. The van der Waals surface area contributed by atoms with E-state index in [0.717, 1.165) is 53.5 Å². The summed E-state index contributed by atoms with van der Waals surface area (Å²) in [5, 5.41) is 4.68. The number of carbonyl (C=O) groups is 2. The van der Waals surface area contributed by atoms with Gasteiger partial charge in [-0.2, -0.15) is 0 Å². The van der Waals surface area contributed by atoms with Gasteiger partial charge in [0, 0.05) is 47.9 Å². The maximum absolute atomic E-state index is 12.5. The molecule has 3 aromatic rings. The SMILES string of the molecule is Cc1ncc(C#Cc2ccc(N3CCCN(C)CC3=O)cn2)c2cc(NC(=O)C3CC3)ncc12. The third kappa shape index (κ3) is 4.75. The number of pyridine rings is 3. The van der Waals surface area contributed by atoms with Crippen LogP contribution >= 0.6 is 0 Å². The number of hydrogen-bond acceptors (Lipinski definition) is 6. The third-order valence-corrected chi connectivity index (χ3v) is 6.18. The highest BCUT2D eigenvalue weighted by Gasteiger charge is 2.29. The molecule has 0 unspecified atom stereocenters. The molecule has 0 radical (unpaired) electrons. The molecule has 172 valence electrons. The third-order valence-electron chi connectivity index (χ3n) is 6.18. The van der Waals surface area contributed by atoms with E-state index >= 15 is 0 Å². The van der Waals surface area contributed by atoms with Crippen LogP contribution in [-0.2, 0) is 9.59 Å². The molecule has 8 nitrogen and oxygen atoms in total. The van der Waals surface area contributed by atoms with Crippen molar-refractivity contribution >= 4 is 34.1 Å². The van der Waals surface area contributed by atoms with E-state index in [1.54, 1.807) is 23.5 Å². The van der Waals surface area contributed by atoms with Gasteiger partial charge in [-0.3, -0.25) is 19.5 Å². The number of anilines is 2. The topological polar surface area (TPSA) is 91.3 Å². The second kappa shape index (κ2) is 9.20. The van der Waals surface area contributed by atoms with Crippen molar-refractivity contribution in [1.29, 1.82) is 0 Å². The Hall–Kier alpha value is -3.83. The van der Waals surface area contributed by atoms with Gasteiger partial charge in [-0.1, -0.05) is 5.92 Å². The molecule has 1 saturated carbocycles. The van der Waals surface area contributed by atoms with Gasteiger partial charge < -0.3 is 10.2 Å². The predicted octanol–water partition coefficient (Wildman–Crippen LogP) is 2.75. The predicted molar refractivity (Wildman–Crippen MR) is 130 cm³/mol. The van der Waals surface area contributed by atoms with Crippen molar-refractivity contribution in [1.82, 2.24) is 19.9 Å². The lowest BCUT2D eigenvalue weighted by molar-refractivity contribution is -0.119. The molecular weight excluding hydrogens is 428 g/mol. The van der Waals surface area contributed by atoms with Crippen LogP contribution in [0.15, 0.2) is 36.8 Å². The highest BCUT2D eigenvalue weighted by molar-refractivity contribution is 5.97. The van der Waals surface area contributed by atoms with E-state index in [9.17, 15) is 9.59 Å². The number of aromatic nitrogens is 3. The Labute approximate surface area is 198 Å². The Morgan fingerprint density at radius 1 is 1.06 bits per heavy atom. The first kappa shape index (κ1) is 22.0. The molecule has 2 fully saturated rings. The van der Waals surface area contributed by atoms with Crippen LogP contribution in [0.3, 0.4) is 0 Å². The molecule has 2 amide bonds. The Bertz CT molecular complexity index is 1320. The maximum Gasteiger partial charge on any atom is 0.241 e. The van der Waals surface area contributed by atoms with Crippen molar-refractivity contribution in [2.45, 2.75) is 26.2 Å². The van der Waals surface area contributed by atoms with Gasteiger partial charge in [0.2, 0.25) is 11.8 Å². The van der Waals surface area contributed by atoms with Crippen molar-refractivity contribution < 1.29 is 9.59 Å². The smallest absolute Gasteiger partial charge is 0.241 e. The number of aryl methyl sites for hydroxylation is 1. The summed E-state index contributed by atoms with van der Waals surface area (Å²) in [5.41, 5.74) is 2.98. The van der Waals surface area contributed by atoms with Crippen LogP contribution in [0.4, 0.5) is 11.5 Å². The first-order valence-corrected chi connectivity index (χ1v) is 11.5. The summed E-state index contributed by atoms with van der Waals surface area (Å²) in [5.74, 6) is 6.99. The van der Waals surface area contributed by atoms with Crippen LogP contribution in [0, 0.1) is 24.7 Å². The number of amides is 2. The summed E-state index contributed by atoms with van der Waals surface area (Å²) in [6.45, 7) is 3.92. The lowest BCUT2D eigenvalue weighted by Crippen LogP contribution is -2.35. The molecule has 1 aliphatic carbocycles. The fourth-order valence-corrected chi connectivity index (χ4v) is 4.05. The molecule has 3 aromatic heterocycles. The molecule has 34 heavy (non-hydrogen) atoms. The van der Waals surface area contributed by atoms with Crippen molar-refractivity contribution in [2.75, 3.05) is 36.9 Å². The van der Waals surface area contributed by atoms with Crippen LogP contribution in [-0.4, -0.2) is 58.3 Å². The van der Waals surface area contributed by atoms with Gasteiger partial charge in [0.25, 0.3) is 0 Å². The highest BCUT2D eigenvalue weighted by atomic mass is 16.2. The lowest BCUT2D eigenvalue weighted by atomic mass is 10.1. The summed E-state index contributed by atoms with van der Waals surface area (Å²) < 4.78 is 0. The molecule has 4 heterocycles. The molecule has 8 heteroatoms. The van der Waals surface area contributed by atoms with Crippen molar-refractivity contribution in [3.05, 3.63) is 53.7 Å². The van der Waals surface area contributed by atoms with E-state index in [4.69, 9.17) is 0 Å². The molecule has 5 rings (SSSR count). The van der Waals surface area contributed by atoms with E-state index in [1.807, 2.05) is 37.1 Å². The number of carbonyl (C=O) groups excluding carboxylic acids is 2. The molecular formula is C26H26N6O2. The Morgan fingerprint density at radius 2 is 1.91 bits per heavy atom. The van der Waals surface area contributed by atoms with Crippen molar-refractivity contribution in [3.8, 4) is 11.8 Å². The Kier molecular flexibility index (Phi) is 5.95. The van der Waals surface area contributed by atoms with Gasteiger partial charge in [0.1, 0.15) is 11.5 Å². The fourth-order valence-electron chi connectivity index (χ4n) is 4.05. The first-order valence-electron chi connectivity index (χ1n) is 11.5. The van der Waals surface area contributed by atoms with Crippen LogP contribution in [0.25, 0.3) is 10.8 Å². The van der Waals surface area contributed by atoms with Crippen molar-refractivity contribution in [3.63, 3.8) is 0 Å². The quantitative estimate of drug-likeness (QED) is 0.612. The molecule has 0 aromatic carbocycles. The number of nitrogens with one attached hydrogen (secondary N) is 1. The summed E-state index contributed by atoms with van der Waals surface area (Å²) in [4.78, 5) is 41.8. The van der Waals surface area contributed by atoms with Crippen LogP contribution in [0.1, 0.15) is 36.2 Å². The van der Waals surface area contributed by atoms with E-state index in [2.05, 4.69) is 32.1 Å². The van der Waals surface area contributed by atoms with Gasteiger partial charge in [0.05, 0.1) is 24.0 Å². The molecule has 1 saturated heterocycles. The first-order chi connectivity index (χ1) is 16.5. The molecule has 1 aliphatic heterocycles. The molecule has 2 aliphatic rings. The van der Waals surface area contributed by atoms with Crippen molar-refractivity contribution in [2.24, 2.45) is 5.92 Å². The maximum atomic E-state index is 12.5. The van der Waals surface area contributed by atoms with Gasteiger partial charge >= 0.3 is 0 Å². The second-order valence-electron chi connectivity index (χ2n) is 8.92. The standard InChI is InChI=1S/C26H26N6O2/c1-17-23-15-29-24(30-26(34)18-4-5-18)12-22(23)19(13-27-17)6-7-20-8-9-21(14-28-20)32-11-3-10-31(2)16-25(32)33/h8-9,12-15,18H,3-5,10-11,16H2,1-2H3,(H,29,30,34). The summed E-state index contributed by atoms with van der Waals surface area (Å²) in [6.07, 6.45) is 7.97.